The summed E-state index contributed by atoms with van der Waals surface area (Å²) >= 11 is 0. The number of halogens is 1. The van der Waals surface area contributed by atoms with Crippen LogP contribution in [-0.4, -0.2) is 15.7 Å². The Balaban J connectivity index is 2.24. The van der Waals surface area contributed by atoms with E-state index < -0.39 is 11.8 Å². The molecule has 0 saturated carbocycles. The van der Waals surface area contributed by atoms with Crippen LogP contribution in [0.5, 0.6) is 5.75 Å². The van der Waals surface area contributed by atoms with Crippen LogP contribution < -0.4 is 10.5 Å². The maximum Gasteiger partial charge on any atom is 0.349 e. The van der Waals surface area contributed by atoms with Crippen LogP contribution in [0.25, 0.3) is 0 Å². The molecule has 0 amide bonds. The van der Waals surface area contributed by atoms with Gasteiger partial charge in [0.15, 0.2) is 11.6 Å². The van der Waals surface area contributed by atoms with E-state index in [9.17, 15) is 9.18 Å². The highest BCUT2D eigenvalue weighted by atomic mass is 19.1. The number of nitrogens with zero attached hydrogens (tertiary/aromatic N) is 2. The fourth-order valence-electron chi connectivity index (χ4n) is 1.62. The first-order chi connectivity index (χ1) is 9.00. The Labute approximate surface area is 109 Å². The standard InChI is InChI=1S/C13H14FN3O2/c1-8(2)17-12(15)9(7-16-17)13(18)19-11-6-4-3-5-10(11)14/h3-8H,15H2,1-2H3. The molecule has 6 heteroatoms. The summed E-state index contributed by atoms with van der Waals surface area (Å²) in [7, 11) is 0. The van der Waals surface area contributed by atoms with Gasteiger partial charge in [-0.05, 0) is 26.0 Å². The summed E-state index contributed by atoms with van der Waals surface area (Å²) < 4.78 is 19.8. The van der Waals surface area contributed by atoms with Crippen molar-refractivity contribution in [3.05, 3.63) is 41.8 Å². The average Bonchev–Trinajstić information content (AvgIpc) is 2.74. The molecular formula is C13H14FN3O2. The molecule has 0 unspecified atom stereocenters. The smallest absolute Gasteiger partial charge is 0.349 e. The summed E-state index contributed by atoms with van der Waals surface area (Å²) in [5.74, 6) is -1.26. The summed E-state index contributed by atoms with van der Waals surface area (Å²) in [6, 6.07) is 5.69. The van der Waals surface area contributed by atoms with E-state index in [1.54, 1.807) is 6.07 Å². The van der Waals surface area contributed by atoms with Crippen molar-refractivity contribution < 1.29 is 13.9 Å². The molecule has 5 nitrogen and oxygen atoms in total. The number of esters is 1. The Morgan fingerprint density at radius 3 is 2.68 bits per heavy atom. The molecule has 1 heterocycles. The van der Waals surface area contributed by atoms with Gasteiger partial charge in [-0.25, -0.2) is 13.9 Å². The van der Waals surface area contributed by atoms with Crippen molar-refractivity contribution in [2.45, 2.75) is 19.9 Å². The molecule has 0 aliphatic rings. The van der Waals surface area contributed by atoms with Crippen LogP contribution in [0.1, 0.15) is 30.2 Å². The quantitative estimate of drug-likeness (QED) is 0.682. The largest absolute Gasteiger partial charge is 0.420 e. The van der Waals surface area contributed by atoms with Crippen molar-refractivity contribution in [2.75, 3.05) is 5.73 Å². The Kier molecular flexibility index (Phi) is 3.50. The molecule has 2 N–H and O–H groups in total. The van der Waals surface area contributed by atoms with Gasteiger partial charge < -0.3 is 10.5 Å². The number of rotatable bonds is 3. The summed E-state index contributed by atoms with van der Waals surface area (Å²) in [6.07, 6.45) is 1.32. The number of anilines is 1. The summed E-state index contributed by atoms with van der Waals surface area (Å²) in [5.41, 5.74) is 5.92. The predicted octanol–water partition coefficient (Wildman–Crippen LogP) is 2.40. The number of para-hydroxylation sites is 1. The van der Waals surface area contributed by atoms with Crippen LogP contribution >= 0.6 is 0 Å². The maximum atomic E-state index is 13.4. The van der Waals surface area contributed by atoms with Gasteiger partial charge in [0.05, 0.1) is 6.20 Å². The Bertz CT molecular complexity index is 608. The van der Waals surface area contributed by atoms with Crippen LogP contribution in [0.15, 0.2) is 30.5 Å². The zero-order chi connectivity index (χ0) is 14.0. The number of ether oxygens (including phenoxy) is 1. The molecule has 2 aromatic rings. The Hall–Kier alpha value is -2.37. The SMILES string of the molecule is CC(C)n1ncc(C(=O)Oc2ccccc2F)c1N. The predicted molar refractivity (Wildman–Crippen MR) is 68.4 cm³/mol. The third-order valence-electron chi connectivity index (χ3n) is 2.58. The lowest BCUT2D eigenvalue weighted by Gasteiger charge is -2.08. The molecular weight excluding hydrogens is 249 g/mol. The van der Waals surface area contributed by atoms with Crippen LogP contribution in [-0.2, 0) is 0 Å². The zero-order valence-corrected chi connectivity index (χ0v) is 10.6. The van der Waals surface area contributed by atoms with Crippen molar-refractivity contribution in [3.63, 3.8) is 0 Å². The normalized spacial score (nSPS) is 10.7. The van der Waals surface area contributed by atoms with Crippen molar-refractivity contribution >= 4 is 11.8 Å². The van der Waals surface area contributed by atoms with Crippen LogP contribution in [0.4, 0.5) is 10.2 Å². The molecule has 0 atom stereocenters. The number of nitrogen functional groups attached to an aromatic ring is 1. The summed E-state index contributed by atoms with van der Waals surface area (Å²) in [5, 5.41) is 4.00. The van der Waals surface area contributed by atoms with Gasteiger partial charge in [-0.3, -0.25) is 0 Å². The van der Waals surface area contributed by atoms with Crippen molar-refractivity contribution in [1.82, 2.24) is 9.78 Å². The molecule has 0 radical (unpaired) electrons. The zero-order valence-electron chi connectivity index (χ0n) is 10.6. The number of aromatic nitrogens is 2. The van der Waals surface area contributed by atoms with E-state index in [0.29, 0.717) is 0 Å². The van der Waals surface area contributed by atoms with Gasteiger partial charge in [0, 0.05) is 6.04 Å². The third-order valence-corrected chi connectivity index (χ3v) is 2.58. The number of nitrogens with two attached hydrogens (primary N) is 1. The second-order valence-corrected chi connectivity index (χ2v) is 4.30. The third kappa shape index (κ3) is 2.57. The number of benzene rings is 1. The fraction of sp³-hybridized carbons (Fsp3) is 0.231. The average molecular weight is 263 g/mol. The maximum absolute atomic E-state index is 13.4. The lowest BCUT2D eigenvalue weighted by molar-refractivity contribution is 0.0729. The van der Waals surface area contributed by atoms with E-state index in [0.717, 1.165) is 0 Å². The van der Waals surface area contributed by atoms with E-state index >= 15 is 0 Å². The number of carbonyl (C=O) groups is 1. The highest BCUT2D eigenvalue weighted by Gasteiger charge is 2.19. The molecule has 0 spiro atoms. The molecule has 2 rings (SSSR count). The van der Waals surface area contributed by atoms with E-state index in [-0.39, 0.29) is 23.2 Å². The molecule has 0 saturated heterocycles. The van der Waals surface area contributed by atoms with E-state index in [4.69, 9.17) is 10.5 Å². The highest BCUT2D eigenvalue weighted by molar-refractivity contribution is 5.95. The molecule has 0 aliphatic carbocycles. The number of hydrogen-bond acceptors (Lipinski definition) is 4. The molecule has 1 aromatic heterocycles. The second-order valence-electron chi connectivity index (χ2n) is 4.30. The van der Waals surface area contributed by atoms with Gasteiger partial charge in [0.1, 0.15) is 11.4 Å². The molecule has 0 fully saturated rings. The first-order valence-corrected chi connectivity index (χ1v) is 5.80. The minimum atomic E-state index is -0.727. The fourth-order valence-corrected chi connectivity index (χ4v) is 1.62. The molecule has 100 valence electrons. The number of carbonyl (C=O) groups excluding carboxylic acids is 1. The minimum Gasteiger partial charge on any atom is -0.420 e. The van der Waals surface area contributed by atoms with Gasteiger partial charge in [0.25, 0.3) is 0 Å². The van der Waals surface area contributed by atoms with Gasteiger partial charge in [0.2, 0.25) is 0 Å². The molecule has 19 heavy (non-hydrogen) atoms. The minimum absolute atomic E-state index is 0.0232. The second kappa shape index (κ2) is 5.09. The van der Waals surface area contributed by atoms with Crippen molar-refractivity contribution in [1.29, 1.82) is 0 Å². The van der Waals surface area contributed by atoms with Gasteiger partial charge in [-0.15, -0.1) is 0 Å². The molecule has 0 bridgehead atoms. The van der Waals surface area contributed by atoms with Crippen LogP contribution in [0.2, 0.25) is 0 Å². The van der Waals surface area contributed by atoms with Gasteiger partial charge >= 0.3 is 5.97 Å². The Morgan fingerprint density at radius 2 is 2.11 bits per heavy atom. The summed E-state index contributed by atoms with van der Waals surface area (Å²) in [6.45, 7) is 3.77. The summed E-state index contributed by atoms with van der Waals surface area (Å²) in [4.78, 5) is 11.9. The van der Waals surface area contributed by atoms with Gasteiger partial charge in [-0.2, -0.15) is 5.10 Å². The monoisotopic (exact) mass is 263 g/mol. The topological polar surface area (TPSA) is 70.1 Å². The first-order valence-electron chi connectivity index (χ1n) is 5.80. The Morgan fingerprint density at radius 1 is 1.42 bits per heavy atom. The van der Waals surface area contributed by atoms with Gasteiger partial charge in [-0.1, -0.05) is 12.1 Å². The van der Waals surface area contributed by atoms with Crippen molar-refractivity contribution in [3.8, 4) is 5.75 Å². The number of hydrogen-bond donors (Lipinski definition) is 1. The van der Waals surface area contributed by atoms with E-state index in [1.165, 1.54) is 29.1 Å². The highest BCUT2D eigenvalue weighted by Crippen LogP contribution is 2.20. The first kappa shape index (κ1) is 13.1. The molecule has 1 aromatic carbocycles. The van der Waals surface area contributed by atoms with E-state index in [2.05, 4.69) is 5.10 Å². The lowest BCUT2D eigenvalue weighted by atomic mass is 10.3. The lowest BCUT2D eigenvalue weighted by Crippen LogP contribution is -2.13. The molecule has 0 aliphatic heterocycles. The van der Waals surface area contributed by atoms with E-state index in [1.807, 2.05) is 13.8 Å². The van der Waals surface area contributed by atoms with Crippen LogP contribution in [0, 0.1) is 5.82 Å². The van der Waals surface area contributed by atoms with Crippen LogP contribution in [0.3, 0.4) is 0 Å². The van der Waals surface area contributed by atoms with Crippen molar-refractivity contribution in [2.24, 2.45) is 0 Å².